The summed E-state index contributed by atoms with van der Waals surface area (Å²) in [5.74, 6) is 0.0723. The highest BCUT2D eigenvalue weighted by Gasteiger charge is 2.21. The molecule has 0 aliphatic heterocycles. The zero-order valence-electron chi connectivity index (χ0n) is 10.9. The number of rotatable bonds is 6. The van der Waals surface area contributed by atoms with Crippen LogP contribution in [0.1, 0.15) is 20.8 Å². The highest BCUT2D eigenvalue weighted by molar-refractivity contribution is 5.75. The van der Waals surface area contributed by atoms with Crippen molar-refractivity contribution in [2.75, 3.05) is 11.9 Å². The third kappa shape index (κ3) is 4.63. The van der Waals surface area contributed by atoms with Crippen molar-refractivity contribution in [2.45, 2.75) is 32.4 Å². The van der Waals surface area contributed by atoms with Gasteiger partial charge >= 0.3 is 0 Å². The van der Waals surface area contributed by atoms with Gasteiger partial charge in [-0.2, -0.15) is 0 Å². The van der Waals surface area contributed by atoms with Gasteiger partial charge in [-0.05, 0) is 45.0 Å². The fourth-order valence-corrected chi connectivity index (χ4v) is 1.23. The van der Waals surface area contributed by atoms with E-state index < -0.39 is 11.5 Å². The number of aliphatic hydroxyl groups is 1. The van der Waals surface area contributed by atoms with Crippen LogP contribution in [0.5, 0.6) is 5.75 Å². The molecule has 5 nitrogen and oxygen atoms in total. The molecule has 0 saturated heterocycles. The maximum Gasteiger partial charge on any atom is 0.255 e. The summed E-state index contributed by atoms with van der Waals surface area (Å²) in [5, 5.41) is 13.0. The van der Waals surface area contributed by atoms with Crippen LogP contribution in [0.3, 0.4) is 0 Å². The van der Waals surface area contributed by atoms with Crippen LogP contribution in [0.4, 0.5) is 5.69 Å². The number of benzene rings is 1. The molecule has 100 valence electrons. The van der Waals surface area contributed by atoms with E-state index in [-0.39, 0.29) is 12.6 Å². The number of primary amides is 1. The van der Waals surface area contributed by atoms with Crippen molar-refractivity contribution in [3.8, 4) is 5.75 Å². The van der Waals surface area contributed by atoms with Gasteiger partial charge in [-0.25, -0.2) is 0 Å². The van der Waals surface area contributed by atoms with Crippen LogP contribution in [0.15, 0.2) is 24.3 Å². The summed E-state index contributed by atoms with van der Waals surface area (Å²) in [6.07, 6.45) is 0. The minimum absolute atomic E-state index is 0.0881. The Morgan fingerprint density at radius 1 is 1.44 bits per heavy atom. The first kappa shape index (κ1) is 14.3. The molecule has 5 heteroatoms. The molecule has 1 amide bonds. The van der Waals surface area contributed by atoms with Crippen LogP contribution < -0.4 is 15.8 Å². The lowest BCUT2D eigenvalue weighted by atomic mass is 10.0. The molecule has 1 rings (SSSR count). The number of nitrogens with one attached hydrogen (secondary N) is 1. The van der Waals surface area contributed by atoms with Gasteiger partial charge in [0.25, 0.3) is 5.91 Å². The van der Waals surface area contributed by atoms with E-state index in [1.54, 1.807) is 26.0 Å². The maximum atomic E-state index is 10.6. The monoisotopic (exact) mass is 252 g/mol. The van der Waals surface area contributed by atoms with Gasteiger partial charge in [-0.1, -0.05) is 0 Å². The Labute approximate surface area is 107 Å². The molecule has 0 saturated carbocycles. The predicted molar refractivity (Wildman–Crippen MR) is 70.5 cm³/mol. The number of ether oxygens (including phenoxy) is 1. The van der Waals surface area contributed by atoms with Crippen molar-refractivity contribution in [2.24, 2.45) is 5.73 Å². The molecule has 18 heavy (non-hydrogen) atoms. The normalized spacial score (nSPS) is 12.9. The lowest BCUT2D eigenvalue weighted by Gasteiger charge is -2.27. The molecule has 1 aromatic carbocycles. The average Bonchev–Trinajstić information content (AvgIpc) is 2.26. The van der Waals surface area contributed by atoms with Crippen molar-refractivity contribution in [1.82, 2.24) is 0 Å². The van der Waals surface area contributed by atoms with Gasteiger partial charge in [0, 0.05) is 5.69 Å². The highest BCUT2D eigenvalue weighted by atomic mass is 16.5. The molecule has 1 atom stereocenters. The maximum absolute atomic E-state index is 10.6. The van der Waals surface area contributed by atoms with E-state index in [0.717, 1.165) is 5.69 Å². The lowest BCUT2D eigenvalue weighted by Crippen LogP contribution is -2.39. The molecular weight excluding hydrogens is 232 g/mol. The van der Waals surface area contributed by atoms with Crippen molar-refractivity contribution in [1.29, 1.82) is 0 Å². The Morgan fingerprint density at radius 3 is 2.44 bits per heavy atom. The minimum atomic E-state index is -0.804. The van der Waals surface area contributed by atoms with Gasteiger partial charge < -0.3 is 20.9 Å². The third-order valence-corrected chi connectivity index (χ3v) is 2.68. The van der Waals surface area contributed by atoms with Crippen LogP contribution in [0.2, 0.25) is 0 Å². The second-order valence-electron chi connectivity index (χ2n) is 4.80. The lowest BCUT2D eigenvalue weighted by molar-refractivity contribution is -0.119. The number of hydrogen-bond donors (Lipinski definition) is 3. The topological polar surface area (TPSA) is 84.6 Å². The summed E-state index contributed by atoms with van der Waals surface area (Å²) in [6.45, 7) is 5.26. The molecule has 4 N–H and O–H groups in total. The fourth-order valence-electron chi connectivity index (χ4n) is 1.23. The predicted octanol–water partition coefficient (Wildman–Crippen LogP) is 1.12. The first-order valence-electron chi connectivity index (χ1n) is 5.79. The van der Waals surface area contributed by atoms with Crippen LogP contribution >= 0.6 is 0 Å². The molecule has 0 spiro atoms. The van der Waals surface area contributed by atoms with E-state index in [0.29, 0.717) is 5.75 Å². The van der Waals surface area contributed by atoms with Gasteiger partial charge in [-0.3, -0.25) is 4.79 Å². The molecule has 0 radical (unpaired) electrons. The van der Waals surface area contributed by atoms with Crippen molar-refractivity contribution < 1.29 is 14.6 Å². The molecule has 0 aliphatic carbocycles. The number of hydrogen-bond acceptors (Lipinski definition) is 4. The molecule has 0 heterocycles. The zero-order valence-corrected chi connectivity index (χ0v) is 10.9. The molecule has 0 bridgehead atoms. The number of carbonyl (C=O) groups is 1. The minimum Gasteiger partial charge on any atom is -0.484 e. The second kappa shape index (κ2) is 5.73. The molecule has 1 unspecified atom stereocenters. The SMILES string of the molecule is CC(Nc1ccc(OCC(N)=O)cc1)C(C)(C)O. The van der Waals surface area contributed by atoms with E-state index in [2.05, 4.69) is 5.32 Å². The van der Waals surface area contributed by atoms with Crippen molar-refractivity contribution >= 4 is 11.6 Å². The van der Waals surface area contributed by atoms with Gasteiger partial charge in [-0.15, -0.1) is 0 Å². The van der Waals surface area contributed by atoms with Gasteiger partial charge in [0.1, 0.15) is 5.75 Å². The van der Waals surface area contributed by atoms with Crippen LogP contribution in [-0.2, 0) is 4.79 Å². The van der Waals surface area contributed by atoms with Crippen molar-refractivity contribution in [3.63, 3.8) is 0 Å². The number of anilines is 1. The molecule has 0 aromatic heterocycles. The summed E-state index contributed by atoms with van der Waals surface area (Å²) < 4.78 is 5.14. The molecular formula is C13H20N2O3. The van der Waals surface area contributed by atoms with E-state index in [9.17, 15) is 9.90 Å². The Balaban J connectivity index is 2.58. The largest absolute Gasteiger partial charge is 0.484 e. The fraction of sp³-hybridized carbons (Fsp3) is 0.462. The average molecular weight is 252 g/mol. The summed E-state index contributed by atoms with van der Waals surface area (Å²) in [7, 11) is 0. The summed E-state index contributed by atoms with van der Waals surface area (Å²) in [5.41, 5.74) is 5.05. The van der Waals surface area contributed by atoms with Gasteiger partial charge in [0.15, 0.2) is 6.61 Å². The van der Waals surface area contributed by atoms with Crippen molar-refractivity contribution in [3.05, 3.63) is 24.3 Å². The standard InChI is InChI=1S/C13H20N2O3/c1-9(13(2,3)17)15-10-4-6-11(7-5-10)18-8-12(14)16/h4-7,9,15,17H,8H2,1-3H3,(H2,14,16). The smallest absolute Gasteiger partial charge is 0.255 e. The number of carbonyl (C=O) groups excluding carboxylic acids is 1. The third-order valence-electron chi connectivity index (χ3n) is 2.68. The summed E-state index contributed by atoms with van der Waals surface area (Å²) >= 11 is 0. The summed E-state index contributed by atoms with van der Waals surface area (Å²) in [6, 6.07) is 7.02. The first-order chi connectivity index (χ1) is 8.29. The first-order valence-corrected chi connectivity index (χ1v) is 5.79. The number of amides is 1. The van der Waals surface area contributed by atoms with E-state index >= 15 is 0 Å². The Kier molecular flexibility index (Phi) is 4.55. The van der Waals surface area contributed by atoms with Crippen LogP contribution in [0, 0.1) is 0 Å². The van der Waals surface area contributed by atoms with Gasteiger partial charge in [0.2, 0.25) is 0 Å². The van der Waals surface area contributed by atoms with E-state index in [1.807, 2.05) is 19.1 Å². The Morgan fingerprint density at radius 2 is 2.00 bits per heavy atom. The zero-order chi connectivity index (χ0) is 13.8. The number of nitrogens with two attached hydrogens (primary N) is 1. The summed E-state index contributed by atoms with van der Waals surface area (Å²) in [4.78, 5) is 10.6. The quantitative estimate of drug-likeness (QED) is 0.708. The van der Waals surface area contributed by atoms with Gasteiger partial charge in [0.05, 0.1) is 11.6 Å². The van der Waals surface area contributed by atoms with Crippen LogP contribution in [-0.4, -0.2) is 29.3 Å². The molecule has 0 aliphatic rings. The van der Waals surface area contributed by atoms with Crippen LogP contribution in [0.25, 0.3) is 0 Å². The molecule has 0 fully saturated rings. The second-order valence-corrected chi connectivity index (χ2v) is 4.80. The van der Waals surface area contributed by atoms with E-state index in [1.165, 1.54) is 0 Å². The molecule has 1 aromatic rings. The Hall–Kier alpha value is -1.75. The Bertz CT molecular complexity index is 396. The highest BCUT2D eigenvalue weighted by Crippen LogP contribution is 2.19. The van der Waals surface area contributed by atoms with E-state index in [4.69, 9.17) is 10.5 Å².